The van der Waals surface area contributed by atoms with Crippen molar-refractivity contribution < 1.29 is 14.3 Å². The molecule has 1 fully saturated rings. The molecule has 2 rings (SSSR count). The average molecular weight is 290 g/mol. The van der Waals surface area contributed by atoms with Crippen LogP contribution in [0.2, 0.25) is 0 Å². The van der Waals surface area contributed by atoms with Crippen molar-refractivity contribution in [3.8, 4) is 0 Å². The van der Waals surface area contributed by atoms with Gasteiger partial charge in [0.1, 0.15) is 0 Å². The van der Waals surface area contributed by atoms with E-state index in [1.54, 1.807) is 18.2 Å². The standard InChI is InChI=1S/C16H22N2O3/c1-11-10-12(15(19)21-2)8-9-14(11)18-16(20)17-13-6-4-3-5-7-13/h8-10,13H,3-7H2,1-2H3,(H2,17,18,20). The van der Waals surface area contributed by atoms with E-state index in [0.717, 1.165) is 18.4 Å². The first-order valence-corrected chi connectivity index (χ1v) is 7.36. The van der Waals surface area contributed by atoms with E-state index in [-0.39, 0.29) is 18.0 Å². The van der Waals surface area contributed by atoms with Gasteiger partial charge in [-0.2, -0.15) is 0 Å². The van der Waals surface area contributed by atoms with Gasteiger partial charge < -0.3 is 15.4 Å². The van der Waals surface area contributed by atoms with Crippen LogP contribution in [0.15, 0.2) is 18.2 Å². The summed E-state index contributed by atoms with van der Waals surface area (Å²) in [5, 5.41) is 5.84. The molecular weight excluding hydrogens is 268 g/mol. The molecule has 0 unspecified atom stereocenters. The number of hydrogen-bond donors (Lipinski definition) is 2. The van der Waals surface area contributed by atoms with Crippen LogP contribution in [0.4, 0.5) is 10.5 Å². The molecule has 0 aliphatic heterocycles. The maximum absolute atomic E-state index is 12.0. The van der Waals surface area contributed by atoms with Gasteiger partial charge in [-0.3, -0.25) is 0 Å². The van der Waals surface area contributed by atoms with Gasteiger partial charge in [-0.05, 0) is 43.5 Å². The Morgan fingerprint density at radius 2 is 1.90 bits per heavy atom. The Bertz CT molecular complexity index is 522. The van der Waals surface area contributed by atoms with Crippen LogP contribution in [0.25, 0.3) is 0 Å². The van der Waals surface area contributed by atoms with Crippen molar-refractivity contribution in [2.24, 2.45) is 0 Å². The maximum atomic E-state index is 12.0. The zero-order valence-electron chi connectivity index (χ0n) is 12.6. The number of rotatable bonds is 3. The summed E-state index contributed by atoms with van der Waals surface area (Å²) in [7, 11) is 1.35. The summed E-state index contributed by atoms with van der Waals surface area (Å²) in [5.74, 6) is -0.378. The Morgan fingerprint density at radius 1 is 1.19 bits per heavy atom. The predicted molar refractivity (Wildman–Crippen MR) is 81.5 cm³/mol. The van der Waals surface area contributed by atoms with Crippen molar-refractivity contribution >= 4 is 17.7 Å². The van der Waals surface area contributed by atoms with E-state index in [0.29, 0.717) is 11.3 Å². The van der Waals surface area contributed by atoms with Crippen LogP contribution >= 0.6 is 0 Å². The molecule has 1 saturated carbocycles. The Hall–Kier alpha value is -2.04. The summed E-state index contributed by atoms with van der Waals surface area (Å²) >= 11 is 0. The number of aryl methyl sites for hydroxylation is 1. The van der Waals surface area contributed by atoms with Gasteiger partial charge in [-0.25, -0.2) is 9.59 Å². The third kappa shape index (κ3) is 4.21. The van der Waals surface area contributed by atoms with Gasteiger partial charge >= 0.3 is 12.0 Å². The van der Waals surface area contributed by atoms with Crippen molar-refractivity contribution in [3.05, 3.63) is 29.3 Å². The average Bonchev–Trinajstić information content (AvgIpc) is 2.49. The molecule has 1 aliphatic carbocycles. The quantitative estimate of drug-likeness (QED) is 0.840. The largest absolute Gasteiger partial charge is 0.465 e. The lowest BCUT2D eigenvalue weighted by Gasteiger charge is -2.23. The van der Waals surface area contributed by atoms with E-state index in [4.69, 9.17) is 0 Å². The van der Waals surface area contributed by atoms with Gasteiger partial charge in [0.15, 0.2) is 0 Å². The number of carbonyl (C=O) groups is 2. The number of hydrogen-bond acceptors (Lipinski definition) is 3. The summed E-state index contributed by atoms with van der Waals surface area (Å²) in [6, 6.07) is 5.17. The summed E-state index contributed by atoms with van der Waals surface area (Å²) in [6.45, 7) is 1.85. The van der Waals surface area contributed by atoms with Gasteiger partial charge in [0.05, 0.1) is 12.7 Å². The molecule has 0 atom stereocenters. The van der Waals surface area contributed by atoms with E-state index in [1.807, 2.05) is 6.92 Å². The molecule has 0 spiro atoms. The van der Waals surface area contributed by atoms with Gasteiger partial charge in [-0.1, -0.05) is 19.3 Å². The van der Waals surface area contributed by atoms with Crippen molar-refractivity contribution in [2.75, 3.05) is 12.4 Å². The lowest BCUT2D eigenvalue weighted by molar-refractivity contribution is 0.0600. The van der Waals surface area contributed by atoms with Crippen molar-refractivity contribution in [2.45, 2.75) is 45.1 Å². The number of benzene rings is 1. The highest BCUT2D eigenvalue weighted by atomic mass is 16.5. The molecule has 2 amide bonds. The molecular formula is C16H22N2O3. The molecule has 0 heterocycles. The minimum Gasteiger partial charge on any atom is -0.465 e. The summed E-state index contributed by atoms with van der Waals surface area (Å²) < 4.78 is 4.67. The molecule has 1 aliphatic rings. The Morgan fingerprint density at radius 3 is 2.52 bits per heavy atom. The SMILES string of the molecule is COC(=O)c1ccc(NC(=O)NC2CCCCC2)c(C)c1. The second-order valence-electron chi connectivity index (χ2n) is 5.45. The predicted octanol–water partition coefficient (Wildman–Crippen LogP) is 3.24. The number of esters is 1. The van der Waals surface area contributed by atoms with Crippen LogP contribution < -0.4 is 10.6 Å². The number of anilines is 1. The van der Waals surface area contributed by atoms with Crippen molar-refractivity contribution in [3.63, 3.8) is 0 Å². The summed E-state index contributed by atoms with van der Waals surface area (Å²) in [4.78, 5) is 23.4. The molecule has 5 heteroatoms. The molecule has 21 heavy (non-hydrogen) atoms. The number of nitrogens with one attached hydrogen (secondary N) is 2. The van der Waals surface area contributed by atoms with E-state index in [1.165, 1.54) is 26.4 Å². The Labute approximate surface area is 125 Å². The van der Waals surface area contributed by atoms with Crippen LogP contribution in [0.3, 0.4) is 0 Å². The lowest BCUT2D eigenvalue weighted by Crippen LogP contribution is -2.39. The molecule has 0 radical (unpaired) electrons. The minimum absolute atomic E-state index is 0.184. The smallest absolute Gasteiger partial charge is 0.337 e. The third-order valence-electron chi connectivity index (χ3n) is 3.84. The van der Waals surface area contributed by atoms with E-state index >= 15 is 0 Å². The fourth-order valence-electron chi connectivity index (χ4n) is 2.64. The first-order chi connectivity index (χ1) is 10.1. The van der Waals surface area contributed by atoms with Crippen LogP contribution in [0.1, 0.15) is 48.0 Å². The second-order valence-corrected chi connectivity index (χ2v) is 5.45. The van der Waals surface area contributed by atoms with Crippen LogP contribution in [-0.4, -0.2) is 25.2 Å². The highest BCUT2D eigenvalue weighted by Crippen LogP contribution is 2.19. The second kappa shape index (κ2) is 7.11. The molecule has 1 aromatic rings. The molecule has 114 valence electrons. The molecule has 2 N–H and O–H groups in total. The fourth-order valence-corrected chi connectivity index (χ4v) is 2.64. The van der Waals surface area contributed by atoms with Gasteiger partial charge in [-0.15, -0.1) is 0 Å². The monoisotopic (exact) mass is 290 g/mol. The molecule has 0 bridgehead atoms. The molecule has 0 aromatic heterocycles. The number of amides is 2. The van der Waals surface area contributed by atoms with E-state index in [9.17, 15) is 9.59 Å². The van der Waals surface area contributed by atoms with Crippen LogP contribution in [-0.2, 0) is 4.74 Å². The van der Waals surface area contributed by atoms with E-state index in [2.05, 4.69) is 15.4 Å². The van der Waals surface area contributed by atoms with Gasteiger partial charge in [0.2, 0.25) is 0 Å². The molecule has 5 nitrogen and oxygen atoms in total. The minimum atomic E-state index is -0.378. The molecule has 0 saturated heterocycles. The van der Waals surface area contributed by atoms with Gasteiger partial charge in [0, 0.05) is 11.7 Å². The zero-order valence-corrected chi connectivity index (χ0v) is 12.6. The zero-order chi connectivity index (χ0) is 15.2. The number of urea groups is 1. The lowest BCUT2D eigenvalue weighted by atomic mass is 9.96. The van der Waals surface area contributed by atoms with Crippen LogP contribution in [0, 0.1) is 6.92 Å². The highest BCUT2D eigenvalue weighted by Gasteiger charge is 2.16. The number of methoxy groups -OCH3 is 1. The number of ether oxygens (including phenoxy) is 1. The third-order valence-corrected chi connectivity index (χ3v) is 3.84. The van der Waals surface area contributed by atoms with Crippen molar-refractivity contribution in [1.82, 2.24) is 5.32 Å². The van der Waals surface area contributed by atoms with Crippen molar-refractivity contribution in [1.29, 1.82) is 0 Å². The fraction of sp³-hybridized carbons (Fsp3) is 0.500. The highest BCUT2D eigenvalue weighted by molar-refractivity contribution is 5.93. The first kappa shape index (κ1) is 15.4. The van der Waals surface area contributed by atoms with E-state index < -0.39 is 0 Å². The maximum Gasteiger partial charge on any atom is 0.337 e. The Kier molecular flexibility index (Phi) is 5.20. The van der Waals surface area contributed by atoms with Crippen LogP contribution in [0.5, 0.6) is 0 Å². The first-order valence-electron chi connectivity index (χ1n) is 7.36. The normalized spacial score (nSPS) is 15.3. The molecule has 1 aromatic carbocycles. The topological polar surface area (TPSA) is 67.4 Å². The summed E-state index contributed by atoms with van der Waals surface area (Å²) in [6.07, 6.45) is 5.71. The van der Waals surface area contributed by atoms with Gasteiger partial charge in [0.25, 0.3) is 0 Å². The Balaban J connectivity index is 1.95. The number of carbonyl (C=O) groups excluding carboxylic acids is 2. The summed E-state index contributed by atoms with van der Waals surface area (Å²) in [5.41, 5.74) is 2.01.